The zero-order valence-corrected chi connectivity index (χ0v) is 10.5. The first-order valence-corrected chi connectivity index (χ1v) is 6.80. The van der Waals surface area contributed by atoms with E-state index < -0.39 is 5.60 Å². The van der Waals surface area contributed by atoms with Crippen molar-refractivity contribution in [2.24, 2.45) is 0 Å². The fourth-order valence-electron chi connectivity index (χ4n) is 3.48. The van der Waals surface area contributed by atoms with Crippen molar-refractivity contribution in [1.82, 2.24) is 4.90 Å². The summed E-state index contributed by atoms with van der Waals surface area (Å²) in [5, 5.41) is 11.0. The van der Waals surface area contributed by atoms with Crippen LogP contribution in [-0.2, 0) is 12.0 Å². The van der Waals surface area contributed by atoms with E-state index in [9.17, 15) is 5.11 Å². The largest absolute Gasteiger partial charge is 0.383 e. The normalized spacial score (nSPS) is 32.9. The Morgan fingerprint density at radius 2 is 2.06 bits per heavy atom. The Hall–Kier alpha value is -0.860. The van der Waals surface area contributed by atoms with E-state index in [4.69, 9.17) is 0 Å². The summed E-state index contributed by atoms with van der Waals surface area (Å²) in [4.78, 5) is 2.45. The maximum Gasteiger partial charge on any atom is 0.106 e. The van der Waals surface area contributed by atoms with Crippen LogP contribution in [0.2, 0.25) is 0 Å². The van der Waals surface area contributed by atoms with Crippen LogP contribution in [0.5, 0.6) is 0 Å². The van der Waals surface area contributed by atoms with E-state index in [0.29, 0.717) is 6.04 Å². The number of aliphatic hydroxyl groups is 1. The Balaban J connectivity index is 1.91. The summed E-state index contributed by atoms with van der Waals surface area (Å²) >= 11 is 0. The molecular weight excluding hydrogens is 210 g/mol. The molecule has 2 nitrogen and oxygen atoms in total. The molecule has 2 unspecified atom stereocenters. The molecule has 0 bridgehead atoms. The van der Waals surface area contributed by atoms with E-state index in [0.717, 1.165) is 31.4 Å². The minimum Gasteiger partial charge on any atom is -0.383 e. The SMILES string of the molecule is CCc1ccc(C2(O)CCN3CCCC32)cc1. The highest BCUT2D eigenvalue weighted by Crippen LogP contribution is 2.42. The van der Waals surface area contributed by atoms with Crippen LogP contribution >= 0.6 is 0 Å². The van der Waals surface area contributed by atoms with Crippen LogP contribution < -0.4 is 0 Å². The lowest BCUT2D eigenvalue weighted by molar-refractivity contribution is 0.00937. The summed E-state index contributed by atoms with van der Waals surface area (Å²) in [6.07, 6.45) is 4.34. The number of benzene rings is 1. The Morgan fingerprint density at radius 3 is 2.76 bits per heavy atom. The van der Waals surface area contributed by atoms with Gasteiger partial charge in [-0.2, -0.15) is 0 Å². The molecule has 1 N–H and O–H groups in total. The monoisotopic (exact) mass is 231 g/mol. The molecule has 2 fully saturated rings. The van der Waals surface area contributed by atoms with Gasteiger partial charge in [-0.05, 0) is 43.4 Å². The second kappa shape index (κ2) is 4.11. The van der Waals surface area contributed by atoms with Gasteiger partial charge in [-0.1, -0.05) is 31.2 Å². The number of hydrogen-bond donors (Lipinski definition) is 1. The smallest absolute Gasteiger partial charge is 0.106 e. The van der Waals surface area contributed by atoms with E-state index in [-0.39, 0.29) is 0 Å². The molecule has 0 amide bonds. The van der Waals surface area contributed by atoms with Gasteiger partial charge in [0, 0.05) is 12.6 Å². The molecule has 0 saturated carbocycles. The van der Waals surface area contributed by atoms with Crippen LogP contribution in [0.25, 0.3) is 0 Å². The summed E-state index contributed by atoms with van der Waals surface area (Å²) in [6, 6.07) is 8.92. The second-order valence-corrected chi connectivity index (χ2v) is 5.42. The van der Waals surface area contributed by atoms with Crippen molar-refractivity contribution in [3.05, 3.63) is 35.4 Å². The second-order valence-electron chi connectivity index (χ2n) is 5.42. The first-order valence-electron chi connectivity index (χ1n) is 6.80. The molecule has 2 atom stereocenters. The lowest BCUT2D eigenvalue weighted by Gasteiger charge is -2.30. The van der Waals surface area contributed by atoms with E-state index >= 15 is 0 Å². The van der Waals surface area contributed by atoms with Crippen molar-refractivity contribution >= 4 is 0 Å². The molecule has 1 aromatic rings. The van der Waals surface area contributed by atoms with Crippen molar-refractivity contribution in [2.45, 2.75) is 44.2 Å². The van der Waals surface area contributed by atoms with Crippen LogP contribution in [0.15, 0.2) is 24.3 Å². The average molecular weight is 231 g/mol. The van der Waals surface area contributed by atoms with E-state index in [1.807, 2.05) is 0 Å². The molecule has 0 spiro atoms. The molecule has 2 aliphatic heterocycles. The number of hydrogen-bond acceptors (Lipinski definition) is 2. The van der Waals surface area contributed by atoms with Gasteiger partial charge in [0.1, 0.15) is 5.60 Å². The van der Waals surface area contributed by atoms with Gasteiger partial charge in [-0.25, -0.2) is 0 Å². The number of aryl methyl sites for hydroxylation is 1. The predicted octanol–water partition coefficient (Wildman–Crippen LogP) is 2.30. The van der Waals surface area contributed by atoms with Crippen LogP contribution in [-0.4, -0.2) is 29.1 Å². The standard InChI is InChI=1S/C15H21NO/c1-2-12-5-7-13(8-6-12)15(17)9-11-16-10-3-4-14(15)16/h5-8,14,17H,2-4,9-11H2,1H3. The number of fused-ring (bicyclic) bond motifs is 1. The van der Waals surface area contributed by atoms with Gasteiger partial charge in [0.05, 0.1) is 0 Å². The maximum absolute atomic E-state index is 11.0. The molecule has 2 heteroatoms. The first kappa shape index (κ1) is 11.2. The molecule has 3 rings (SSSR count). The predicted molar refractivity (Wildman–Crippen MR) is 68.9 cm³/mol. The van der Waals surface area contributed by atoms with E-state index in [1.54, 1.807) is 0 Å². The fraction of sp³-hybridized carbons (Fsp3) is 0.600. The lowest BCUT2D eigenvalue weighted by atomic mass is 9.85. The van der Waals surface area contributed by atoms with Crippen molar-refractivity contribution in [3.8, 4) is 0 Å². The Kier molecular flexibility index (Phi) is 2.72. The van der Waals surface area contributed by atoms with E-state index in [1.165, 1.54) is 18.5 Å². The summed E-state index contributed by atoms with van der Waals surface area (Å²) in [5.41, 5.74) is 1.87. The maximum atomic E-state index is 11.0. The zero-order chi connectivity index (χ0) is 11.9. The third-order valence-corrected chi connectivity index (χ3v) is 4.56. The average Bonchev–Trinajstić information content (AvgIpc) is 2.95. The summed E-state index contributed by atoms with van der Waals surface area (Å²) < 4.78 is 0. The topological polar surface area (TPSA) is 23.5 Å². The van der Waals surface area contributed by atoms with Crippen LogP contribution in [0.1, 0.15) is 37.3 Å². The van der Waals surface area contributed by atoms with Gasteiger partial charge in [0.25, 0.3) is 0 Å². The van der Waals surface area contributed by atoms with Crippen LogP contribution in [0.4, 0.5) is 0 Å². The van der Waals surface area contributed by atoms with Crippen LogP contribution in [0.3, 0.4) is 0 Å². The van der Waals surface area contributed by atoms with Crippen molar-refractivity contribution in [2.75, 3.05) is 13.1 Å². The third-order valence-electron chi connectivity index (χ3n) is 4.56. The molecule has 92 valence electrons. The molecular formula is C15H21NO. The fourth-order valence-corrected chi connectivity index (χ4v) is 3.48. The van der Waals surface area contributed by atoms with Gasteiger partial charge in [0.2, 0.25) is 0 Å². The molecule has 1 aromatic carbocycles. The molecule has 0 aliphatic carbocycles. The molecule has 17 heavy (non-hydrogen) atoms. The third kappa shape index (κ3) is 1.71. The molecule has 2 heterocycles. The zero-order valence-electron chi connectivity index (χ0n) is 10.5. The van der Waals surface area contributed by atoms with Gasteiger partial charge in [-0.15, -0.1) is 0 Å². The quantitative estimate of drug-likeness (QED) is 0.844. The number of rotatable bonds is 2. The highest BCUT2D eigenvalue weighted by molar-refractivity contribution is 5.30. The van der Waals surface area contributed by atoms with Gasteiger partial charge < -0.3 is 5.11 Å². The minimum atomic E-state index is -0.594. The highest BCUT2D eigenvalue weighted by atomic mass is 16.3. The first-order chi connectivity index (χ1) is 8.24. The lowest BCUT2D eigenvalue weighted by Crippen LogP contribution is -2.38. The summed E-state index contributed by atoms with van der Waals surface area (Å²) in [5.74, 6) is 0. The van der Waals surface area contributed by atoms with Crippen molar-refractivity contribution in [3.63, 3.8) is 0 Å². The van der Waals surface area contributed by atoms with Gasteiger partial charge in [-0.3, -0.25) is 4.90 Å². The molecule has 2 saturated heterocycles. The van der Waals surface area contributed by atoms with Crippen LogP contribution in [0, 0.1) is 0 Å². The summed E-state index contributed by atoms with van der Waals surface area (Å²) in [7, 11) is 0. The minimum absolute atomic E-state index is 0.356. The summed E-state index contributed by atoms with van der Waals surface area (Å²) in [6.45, 7) is 4.38. The van der Waals surface area contributed by atoms with Crippen molar-refractivity contribution in [1.29, 1.82) is 0 Å². The van der Waals surface area contributed by atoms with Crippen molar-refractivity contribution < 1.29 is 5.11 Å². The molecule has 0 radical (unpaired) electrons. The molecule has 0 aromatic heterocycles. The molecule has 2 aliphatic rings. The highest BCUT2D eigenvalue weighted by Gasteiger charge is 2.48. The number of nitrogens with zero attached hydrogens (tertiary/aromatic N) is 1. The Labute approximate surface area is 103 Å². The van der Waals surface area contributed by atoms with E-state index in [2.05, 4.69) is 36.1 Å². The van der Waals surface area contributed by atoms with Gasteiger partial charge in [0.15, 0.2) is 0 Å². The van der Waals surface area contributed by atoms with Gasteiger partial charge >= 0.3 is 0 Å². The Morgan fingerprint density at radius 1 is 1.29 bits per heavy atom. The Bertz CT molecular complexity index is 400.